The number of hydrogen-bond donors (Lipinski definition) is 1. The highest BCUT2D eigenvalue weighted by Crippen LogP contribution is 2.40. The van der Waals surface area contributed by atoms with Crippen molar-refractivity contribution in [2.45, 2.75) is 30.6 Å². The molecule has 1 saturated carbocycles. The molecule has 1 N–H and O–H groups in total. The largest absolute Gasteiger partial charge is 0.370 e. The summed E-state index contributed by atoms with van der Waals surface area (Å²) in [4.78, 5) is 10.6. The fourth-order valence-corrected chi connectivity index (χ4v) is 2.60. The Labute approximate surface area is 124 Å². The molecule has 1 aliphatic rings. The van der Waals surface area contributed by atoms with Gasteiger partial charge in [0.1, 0.15) is 5.82 Å². The molecule has 1 aromatic carbocycles. The van der Waals surface area contributed by atoms with Gasteiger partial charge in [0, 0.05) is 34.7 Å². The first-order valence-corrected chi connectivity index (χ1v) is 8.30. The van der Waals surface area contributed by atoms with Gasteiger partial charge in [-0.15, -0.1) is 11.8 Å². The Morgan fingerprint density at radius 2 is 1.95 bits per heavy atom. The van der Waals surface area contributed by atoms with Crippen LogP contribution < -0.4 is 5.32 Å². The lowest BCUT2D eigenvalue weighted by atomic mass is 10.2. The molecule has 3 nitrogen and oxygen atoms in total. The van der Waals surface area contributed by atoms with E-state index in [1.54, 1.807) is 11.8 Å². The van der Waals surface area contributed by atoms with Crippen LogP contribution in [0, 0.1) is 0 Å². The Bertz CT molecular complexity index is 591. The highest BCUT2D eigenvalue weighted by atomic mass is 32.2. The maximum Gasteiger partial charge on any atom is 0.161 e. The summed E-state index contributed by atoms with van der Waals surface area (Å²) in [7, 11) is 0. The Hall–Kier alpha value is -1.55. The van der Waals surface area contributed by atoms with Crippen LogP contribution in [-0.2, 0) is 0 Å². The van der Waals surface area contributed by atoms with Gasteiger partial charge in [-0.25, -0.2) is 9.97 Å². The molecule has 1 aromatic heterocycles. The number of nitrogens with zero attached hydrogens (tertiary/aromatic N) is 2. The lowest BCUT2D eigenvalue weighted by molar-refractivity contribution is 0.988. The highest BCUT2D eigenvalue weighted by Gasteiger charge is 2.26. The van der Waals surface area contributed by atoms with Crippen LogP contribution in [0.1, 0.15) is 31.4 Å². The molecule has 3 rings (SSSR count). The quantitative estimate of drug-likeness (QED) is 0.837. The molecule has 4 heteroatoms. The maximum atomic E-state index is 4.75. The van der Waals surface area contributed by atoms with Crippen molar-refractivity contribution in [3.63, 3.8) is 0 Å². The summed E-state index contributed by atoms with van der Waals surface area (Å²) in [5, 5.41) is 3.31. The van der Waals surface area contributed by atoms with Crippen molar-refractivity contribution in [2.75, 3.05) is 18.1 Å². The summed E-state index contributed by atoms with van der Waals surface area (Å²) in [6.45, 7) is 2.97. The highest BCUT2D eigenvalue weighted by molar-refractivity contribution is 7.98. The summed E-state index contributed by atoms with van der Waals surface area (Å²) in [6.07, 6.45) is 4.60. The van der Waals surface area contributed by atoms with Crippen LogP contribution in [0.25, 0.3) is 11.4 Å². The summed E-state index contributed by atoms with van der Waals surface area (Å²) in [5.74, 6) is 2.41. The van der Waals surface area contributed by atoms with Gasteiger partial charge in [-0.2, -0.15) is 0 Å². The third-order valence-corrected chi connectivity index (χ3v) is 4.19. The summed E-state index contributed by atoms with van der Waals surface area (Å²) in [5.41, 5.74) is 2.27. The number of nitrogens with one attached hydrogen (secondary N) is 1. The van der Waals surface area contributed by atoms with Crippen LogP contribution in [0.15, 0.2) is 35.2 Å². The molecule has 2 aromatic rings. The normalized spacial score (nSPS) is 14.3. The number of thioether (sulfide) groups is 1. The van der Waals surface area contributed by atoms with E-state index >= 15 is 0 Å². The van der Waals surface area contributed by atoms with E-state index in [-0.39, 0.29) is 0 Å². The zero-order chi connectivity index (χ0) is 13.9. The zero-order valence-corrected chi connectivity index (χ0v) is 12.7. The van der Waals surface area contributed by atoms with Crippen LogP contribution in [0.5, 0.6) is 0 Å². The van der Waals surface area contributed by atoms with Gasteiger partial charge in [0.15, 0.2) is 5.82 Å². The molecular formula is C16H19N3S. The molecule has 0 spiro atoms. The second kappa shape index (κ2) is 5.83. The minimum atomic E-state index is 0.639. The van der Waals surface area contributed by atoms with Crippen LogP contribution in [0.4, 0.5) is 5.82 Å². The Morgan fingerprint density at radius 3 is 2.55 bits per heavy atom. The second-order valence-electron chi connectivity index (χ2n) is 5.03. The molecule has 0 amide bonds. The number of benzene rings is 1. The van der Waals surface area contributed by atoms with E-state index in [4.69, 9.17) is 4.98 Å². The topological polar surface area (TPSA) is 37.8 Å². The fourth-order valence-electron chi connectivity index (χ4n) is 2.20. The summed E-state index contributed by atoms with van der Waals surface area (Å²) < 4.78 is 0. The van der Waals surface area contributed by atoms with E-state index in [2.05, 4.69) is 53.8 Å². The molecule has 1 heterocycles. The Balaban J connectivity index is 1.97. The molecule has 0 unspecified atom stereocenters. The minimum Gasteiger partial charge on any atom is -0.370 e. The van der Waals surface area contributed by atoms with Crippen molar-refractivity contribution in [1.82, 2.24) is 9.97 Å². The molecule has 0 saturated heterocycles. The second-order valence-corrected chi connectivity index (χ2v) is 5.91. The monoisotopic (exact) mass is 285 g/mol. The summed E-state index contributed by atoms with van der Waals surface area (Å²) >= 11 is 1.75. The molecule has 0 aliphatic heterocycles. The number of aromatic nitrogens is 2. The predicted molar refractivity (Wildman–Crippen MR) is 85.4 cm³/mol. The maximum absolute atomic E-state index is 4.75. The van der Waals surface area contributed by atoms with Gasteiger partial charge < -0.3 is 5.32 Å². The zero-order valence-electron chi connectivity index (χ0n) is 11.9. The smallest absolute Gasteiger partial charge is 0.161 e. The van der Waals surface area contributed by atoms with Crippen LogP contribution in [0.3, 0.4) is 0 Å². The third-order valence-electron chi connectivity index (χ3n) is 3.45. The van der Waals surface area contributed by atoms with Gasteiger partial charge in [0.05, 0.1) is 0 Å². The number of anilines is 1. The van der Waals surface area contributed by atoms with Crippen molar-refractivity contribution in [1.29, 1.82) is 0 Å². The first kappa shape index (κ1) is 13.4. The molecule has 0 radical (unpaired) electrons. The molecule has 0 atom stereocenters. The first-order chi connectivity index (χ1) is 9.80. The van der Waals surface area contributed by atoms with Crippen molar-refractivity contribution in [3.8, 4) is 11.4 Å². The molecular weight excluding hydrogens is 266 g/mol. The lowest BCUT2D eigenvalue weighted by Gasteiger charge is -2.09. The van der Waals surface area contributed by atoms with Gasteiger partial charge in [0.25, 0.3) is 0 Å². The van der Waals surface area contributed by atoms with Crippen LogP contribution >= 0.6 is 11.8 Å². The van der Waals surface area contributed by atoms with Gasteiger partial charge in [-0.3, -0.25) is 0 Å². The average molecular weight is 285 g/mol. The third kappa shape index (κ3) is 2.96. The minimum absolute atomic E-state index is 0.639. The van der Waals surface area contributed by atoms with E-state index in [9.17, 15) is 0 Å². The Morgan fingerprint density at radius 1 is 1.20 bits per heavy atom. The van der Waals surface area contributed by atoms with Gasteiger partial charge in [0.2, 0.25) is 0 Å². The van der Waals surface area contributed by atoms with Crippen molar-refractivity contribution in [3.05, 3.63) is 36.0 Å². The number of hydrogen-bond acceptors (Lipinski definition) is 4. The average Bonchev–Trinajstić information content (AvgIpc) is 3.32. The van der Waals surface area contributed by atoms with Crippen LogP contribution in [-0.4, -0.2) is 22.8 Å². The van der Waals surface area contributed by atoms with E-state index in [1.165, 1.54) is 23.4 Å². The molecule has 1 aliphatic carbocycles. The van der Waals surface area contributed by atoms with Crippen molar-refractivity contribution < 1.29 is 0 Å². The van der Waals surface area contributed by atoms with Gasteiger partial charge >= 0.3 is 0 Å². The van der Waals surface area contributed by atoms with E-state index in [1.807, 2.05) is 0 Å². The molecule has 104 valence electrons. The van der Waals surface area contributed by atoms with E-state index < -0.39 is 0 Å². The standard InChI is InChI=1S/C16H19N3S/c1-3-17-15-10-14(11-4-5-11)18-16(19-15)12-6-8-13(20-2)9-7-12/h6-11H,3-5H2,1-2H3,(H,17,18,19). The van der Waals surface area contributed by atoms with Gasteiger partial charge in [-0.05, 0) is 38.2 Å². The fraction of sp³-hybridized carbons (Fsp3) is 0.375. The van der Waals surface area contributed by atoms with E-state index in [0.29, 0.717) is 5.92 Å². The SMILES string of the molecule is CCNc1cc(C2CC2)nc(-c2ccc(SC)cc2)n1. The van der Waals surface area contributed by atoms with Crippen molar-refractivity contribution >= 4 is 17.6 Å². The van der Waals surface area contributed by atoms with Crippen molar-refractivity contribution in [2.24, 2.45) is 0 Å². The predicted octanol–water partition coefficient (Wildman–Crippen LogP) is 4.17. The van der Waals surface area contributed by atoms with E-state index in [0.717, 1.165) is 23.8 Å². The molecule has 0 bridgehead atoms. The Kier molecular flexibility index (Phi) is 3.92. The summed E-state index contributed by atoms with van der Waals surface area (Å²) in [6, 6.07) is 10.6. The van der Waals surface area contributed by atoms with Crippen LogP contribution in [0.2, 0.25) is 0 Å². The first-order valence-electron chi connectivity index (χ1n) is 7.07. The molecule has 20 heavy (non-hydrogen) atoms. The lowest BCUT2D eigenvalue weighted by Crippen LogP contribution is -2.03. The molecule has 1 fully saturated rings. The van der Waals surface area contributed by atoms with Gasteiger partial charge in [-0.1, -0.05) is 12.1 Å². The number of rotatable bonds is 5.